The third kappa shape index (κ3) is 14.1. The summed E-state index contributed by atoms with van der Waals surface area (Å²) in [6.45, 7) is 10.8. The molecule has 62 heavy (non-hydrogen) atoms. The van der Waals surface area contributed by atoms with Gasteiger partial charge < -0.3 is 0 Å². The van der Waals surface area contributed by atoms with Crippen LogP contribution in [0.4, 0.5) is 0 Å². The molecule has 0 radical (unpaired) electrons. The Morgan fingerprint density at radius 2 is 0.710 bits per heavy atom. The maximum atomic E-state index is 15.2. The summed E-state index contributed by atoms with van der Waals surface area (Å²) in [5, 5.41) is 3.65. The summed E-state index contributed by atoms with van der Waals surface area (Å²) >= 11 is -1.18. The number of fused-ring (bicyclic) bond motifs is 6. The number of benzene rings is 1. The molecule has 2 atom stereocenters. The Balaban J connectivity index is 1.67. The second-order valence-corrected chi connectivity index (χ2v) is 54.4. The first-order valence-electron chi connectivity index (χ1n) is 25.8. The van der Waals surface area contributed by atoms with Gasteiger partial charge in [0.15, 0.2) is 0 Å². The van der Waals surface area contributed by atoms with E-state index in [2.05, 4.69) is 90.7 Å². The van der Waals surface area contributed by atoms with Crippen molar-refractivity contribution in [1.29, 1.82) is 0 Å². The molecule has 2 unspecified atom stereocenters. The van der Waals surface area contributed by atoms with Gasteiger partial charge in [0.25, 0.3) is 0 Å². The Labute approximate surface area is 394 Å². The predicted octanol–water partition coefficient (Wildman–Crippen LogP) is 16.5. The summed E-state index contributed by atoms with van der Waals surface area (Å²) in [5.74, 6) is 1.00. The van der Waals surface area contributed by atoms with E-state index in [0.717, 1.165) is 45.7 Å². The molecule has 0 aliphatic heterocycles. The van der Waals surface area contributed by atoms with Crippen LogP contribution in [0.15, 0.2) is 33.9 Å². The molecule has 4 heterocycles. The summed E-state index contributed by atoms with van der Waals surface area (Å²) < 4.78 is 9.93. The third-order valence-electron chi connectivity index (χ3n) is 13.8. The minimum atomic E-state index is -2.53. The van der Waals surface area contributed by atoms with Gasteiger partial charge in [0, 0.05) is 0 Å². The van der Waals surface area contributed by atoms with Crippen molar-refractivity contribution in [1.82, 2.24) is 9.13 Å². The number of rotatable bonds is 30. The molecule has 0 spiro atoms. The molecule has 1 aromatic carbocycles. The zero-order valence-corrected chi connectivity index (χ0v) is 48.7. The quantitative estimate of drug-likeness (QED) is 0.0261. The van der Waals surface area contributed by atoms with Gasteiger partial charge >= 0.3 is 371 Å². The molecule has 0 fully saturated rings. The Morgan fingerprint density at radius 1 is 0.419 bits per heavy atom. The topological polar surface area (TPSA) is 44.0 Å². The molecular formula is C54H88N2O2S2Sn2. The fraction of sp³-hybridized carbons (Fsp3) is 0.704. The van der Waals surface area contributed by atoms with Crippen molar-refractivity contribution in [3.05, 3.63) is 45.0 Å². The zero-order valence-electron chi connectivity index (χ0n) is 41.4. The van der Waals surface area contributed by atoms with Crippen LogP contribution < -0.4 is 16.9 Å². The van der Waals surface area contributed by atoms with Gasteiger partial charge in [-0.1, -0.05) is 26.7 Å². The van der Waals surface area contributed by atoms with Gasteiger partial charge in [-0.15, -0.1) is 0 Å². The van der Waals surface area contributed by atoms with E-state index in [0.29, 0.717) is 11.8 Å². The summed E-state index contributed by atoms with van der Waals surface area (Å²) in [6.07, 6.45) is 30.6. The van der Waals surface area contributed by atoms with E-state index in [9.17, 15) is 0 Å². The average molecular weight is 1100 g/mol. The maximum absolute atomic E-state index is 15.2. The van der Waals surface area contributed by atoms with E-state index in [4.69, 9.17) is 0 Å². The monoisotopic (exact) mass is 1100 g/mol. The number of thiophene rings is 2. The summed E-state index contributed by atoms with van der Waals surface area (Å²) in [7, 11) is 0. The average Bonchev–Trinajstić information content (AvgIpc) is 3.90. The van der Waals surface area contributed by atoms with Crippen molar-refractivity contribution in [3.8, 4) is 0 Å². The molecule has 0 N–H and O–H groups in total. The SMILES string of the molecule is CCCCCCCCC(CCCCCC)Cn1c(=O)c2cc3c(cc2c2s[c]([Sn]([CH3])([CH3])[CH3])cc21)c(=O)n(CC(CCCCCC)CCCCCCCC)c1c[c]([Sn]([CH3])([CH3])[CH3])sc31. The van der Waals surface area contributed by atoms with Crippen LogP contribution in [0, 0.1) is 11.8 Å². The first-order valence-corrected chi connectivity index (χ1v) is 47.5. The Bertz CT molecular complexity index is 2110. The molecule has 4 nitrogen and oxygen atoms in total. The van der Waals surface area contributed by atoms with E-state index in [1.165, 1.54) is 169 Å². The van der Waals surface area contributed by atoms with Gasteiger partial charge in [0.05, 0.1) is 0 Å². The van der Waals surface area contributed by atoms with E-state index in [-0.39, 0.29) is 11.1 Å². The molecule has 0 saturated heterocycles. The molecule has 0 bridgehead atoms. The van der Waals surface area contributed by atoms with Crippen LogP contribution in [0.2, 0.25) is 29.6 Å². The number of pyridine rings is 2. The second-order valence-electron chi connectivity index (χ2n) is 21.5. The Morgan fingerprint density at radius 3 is 1.02 bits per heavy atom. The number of hydrogen-bond donors (Lipinski definition) is 0. The van der Waals surface area contributed by atoms with E-state index < -0.39 is 36.8 Å². The van der Waals surface area contributed by atoms with Gasteiger partial charge in [-0.3, -0.25) is 0 Å². The van der Waals surface area contributed by atoms with E-state index in [1.54, 1.807) is 0 Å². The molecule has 346 valence electrons. The van der Waals surface area contributed by atoms with E-state index >= 15 is 9.59 Å². The summed E-state index contributed by atoms with van der Waals surface area (Å²) in [5.41, 5.74) is 2.56. The number of unbranched alkanes of at least 4 members (excludes halogenated alkanes) is 16. The van der Waals surface area contributed by atoms with Crippen molar-refractivity contribution < 1.29 is 0 Å². The standard InChI is InChI=1S/C48H70N2O2S2.6CH3.2Sn/c1-5-9-13-17-19-23-27-37(25-21-15-11-7-3)35-49-43-29-31-53-45(43)39-34-42-40(33-41(39)47(49)51)46-44(30-32-54-46)50(48(42)52)36-38(26-22-16-12-8-4)28-24-20-18-14-10-6-2;;;;;;;;/h29-30,33-34,37-38H,5-28,35-36H2,1-4H3;6*1H3;;. The fourth-order valence-electron chi connectivity index (χ4n) is 9.81. The molecular weight excluding hydrogens is 1010 g/mol. The van der Waals surface area contributed by atoms with Crippen LogP contribution in [0.3, 0.4) is 0 Å². The Hall–Kier alpha value is -0.843. The molecule has 0 aliphatic carbocycles. The Kier molecular flexibility index (Phi) is 21.3. The third-order valence-corrected chi connectivity index (χ3v) is 35.0. The minimum absolute atomic E-state index is 0.152. The zero-order chi connectivity index (χ0) is 44.9. The first-order chi connectivity index (χ1) is 29.7. The molecule has 0 aliphatic rings. The molecule has 4 aromatic heterocycles. The van der Waals surface area contributed by atoms with Crippen LogP contribution in [-0.2, 0) is 13.1 Å². The van der Waals surface area contributed by atoms with E-state index in [1.807, 2.05) is 22.7 Å². The number of hydrogen-bond acceptors (Lipinski definition) is 4. The molecule has 0 amide bonds. The van der Waals surface area contributed by atoms with Crippen molar-refractivity contribution in [2.75, 3.05) is 0 Å². The summed E-state index contributed by atoms with van der Waals surface area (Å²) in [6, 6.07) is 9.24. The van der Waals surface area contributed by atoms with Crippen LogP contribution in [-0.4, -0.2) is 45.9 Å². The first kappa shape index (κ1) is 52.1. The van der Waals surface area contributed by atoms with Gasteiger partial charge in [0.1, 0.15) is 0 Å². The van der Waals surface area contributed by atoms with Crippen LogP contribution in [0.25, 0.3) is 42.0 Å². The van der Waals surface area contributed by atoms with Crippen molar-refractivity contribution >= 4 is 107 Å². The van der Waals surface area contributed by atoms with Crippen molar-refractivity contribution in [2.45, 2.75) is 225 Å². The van der Waals surface area contributed by atoms with Gasteiger partial charge in [-0.2, -0.15) is 0 Å². The van der Waals surface area contributed by atoms with Gasteiger partial charge in [0.2, 0.25) is 0 Å². The second kappa shape index (κ2) is 25.3. The number of aromatic nitrogens is 2. The van der Waals surface area contributed by atoms with Gasteiger partial charge in [-0.25, -0.2) is 0 Å². The van der Waals surface area contributed by atoms with Crippen LogP contribution >= 0.6 is 22.7 Å². The van der Waals surface area contributed by atoms with Crippen LogP contribution in [0.1, 0.15) is 182 Å². The van der Waals surface area contributed by atoms with Crippen LogP contribution in [0.5, 0.6) is 0 Å². The number of nitrogens with zero attached hydrogens (tertiary/aromatic N) is 2. The van der Waals surface area contributed by atoms with Crippen molar-refractivity contribution in [2.24, 2.45) is 11.8 Å². The predicted molar refractivity (Wildman–Crippen MR) is 287 cm³/mol. The van der Waals surface area contributed by atoms with Gasteiger partial charge in [-0.05, 0) is 0 Å². The summed E-state index contributed by atoms with van der Waals surface area (Å²) in [4.78, 5) is 45.5. The molecule has 5 aromatic rings. The molecule has 0 saturated carbocycles. The molecule has 5 rings (SSSR count). The molecule has 8 heteroatoms. The normalized spacial score (nSPS) is 13.7. The van der Waals surface area contributed by atoms with Crippen molar-refractivity contribution in [3.63, 3.8) is 0 Å². The fourth-order valence-corrected chi connectivity index (χ4v) is 22.5.